The molecule has 0 unspecified atom stereocenters. The monoisotopic (exact) mass is 272 g/mol. The van der Waals surface area contributed by atoms with Crippen molar-refractivity contribution in [2.24, 2.45) is 5.92 Å². The Morgan fingerprint density at radius 2 is 2.22 bits per heavy atom. The highest BCUT2D eigenvalue weighted by Gasteiger charge is 2.36. The van der Waals surface area contributed by atoms with E-state index in [2.05, 4.69) is 15.2 Å². The first-order valence-electron chi connectivity index (χ1n) is 5.74. The van der Waals surface area contributed by atoms with Crippen LogP contribution in [0.5, 0.6) is 0 Å². The van der Waals surface area contributed by atoms with Crippen molar-refractivity contribution in [2.45, 2.75) is 36.4 Å². The second-order valence-electron chi connectivity index (χ2n) is 4.63. The number of nitrogens with two attached hydrogens (primary N) is 1. The lowest BCUT2D eigenvalue weighted by Crippen LogP contribution is -2.38. The van der Waals surface area contributed by atoms with Crippen molar-refractivity contribution in [2.75, 3.05) is 11.5 Å². The van der Waals surface area contributed by atoms with Gasteiger partial charge >= 0.3 is 5.97 Å². The maximum absolute atomic E-state index is 10.8. The number of thioether (sulfide) groups is 1. The number of H-pyrrole nitrogens is 1. The summed E-state index contributed by atoms with van der Waals surface area (Å²) in [5.74, 6) is -0.392. The van der Waals surface area contributed by atoms with Crippen molar-refractivity contribution in [1.82, 2.24) is 15.2 Å². The molecule has 0 aromatic carbocycles. The van der Waals surface area contributed by atoms with Crippen LogP contribution < -0.4 is 5.73 Å². The summed E-state index contributed by atoms with van der Waals surface area (Å²) < 4.78 is 0. The van der Waals surface area contributed by atoms with Gasteiger partial charge in [-0.25, -0.2) is 5.10 Å². The van der Waals surface area contributed by atoms with Gasteiger partial charge in [0.25, 0.3) is 0 Å². The molecule has 0 amide bonds. The van der Waals surface area contributed by atoms with Crippen LogP contribution in [-0.2, 0) is 4.79 Å². The number of hydrogen-bond donors (Lipinski definition) is 4. The second kappa shape index (κ2) is 5.15. The standard InChI is InChI=1S/C10H16N4O3S/c11-8-12-9(14-13-8)18-5-10(17)3-1-6(2-4-10)7(15)16/h6,17H,1-5H2,(H,15,16)(H3,11,12,13,14). The number of carboxylic acid groups (broad SMARTS) is 1. The third kappa shape index (κ3) is 3.14. The zero-order valence-electron chi connectivity index (χ0n) is 9.80. The molecule has 2 rings (SSSR count). The first-order chi connectivity index (χ1) is 8.48. The lowest BCUT2D eigenvalue weighted by atomic mass is 9.80. The number of nitrogens with one attached hydrogen (secondary N) is 1. The Hall–Kier alpha value is -1.28. The van der Waals surface area contributed by atoms with E-state index in [4.69, 9.17) is 10.8 Å². The van der Waals surface area contributed by atoms with Gasteiger partial charge in [0, 0.05) is 5.75 Å². The van der Waals surface area contributed by atoms with E-state index in [1.807, 2.05) is 0 Å². The summed E-state index contributed by atoms with van der Waals surface area (Å²) in [6.07, 6.45) is 2.03. The fraction of sp³-hybridized carbons (Fsp3) is 0.700. The van der Waals surface area contributed by atoms with Crippen molar-refractivity contribution in [3.63, 3.8) is 0 Å². The Balaban J connectivity index is 1.84. The van der Waals surface area contributed by atoms with E-state index in [1.165, 1.54) is 11.8 Å². The lowest BCUT2D eigenvalue weighted by Gasteiger charge is -2.34. The van der Waals surface area contributed by atoms with Crippen molar-refractivity contribution >= 4 is 23.7 Å². The summed E-state index contributed by atoms with van der Waals surface area (Å²) in [7, 11) is 0. The van der Waals surface area contributed by atoms with Gasteiger partial charge in [0.05, 0.1) is 11.5 Å². The molecule has 8 heteroatoms. The van der Waals surface area contributed by atoms with Gasteiger partial charge in [-0.3, -0.25) is 4.79 Å². The molecule has 1 heterocycles. The molecule has 0 saturated heterocycles. The van der Waals surface area contributed by atoms with Gasteiger partial charge in [0.2, 0.25) is 11.1 Å². The summed E-state index contributed by atoms with van der Waals surface area (Å²) in [4.78, 5) is 14.8. The number of hydrogen-bond acceptors (Lipinski definition) is 6. The topological polar surface area (TPSA) is 125 Å². The Labute approximate surface area is 108 Å². The summed E-state index contributed by atoms with van der Waals surface area (Å²) in [6, 6.07) is 0. The predicted molar refractivity (Wildman–Crippen MR) is 66.1 cm³/mol. The van der Waals surface area contributed by atoms with E-state index < -0.39 is 11.6 Å². The van der Waals surface area contributed by atoms with E-state index in [1.54, 1.807) is 0 Å². The van der Waals surface area contributed by atoms with Gasteiger partial charge in [-0.1, -0.05) is 11.8 Å². The summed E-state index contributed by atoms with van der Waals surface area (Å²) in [5.41, 5.74) is 4.57. The molecule has 1 aliphatic rings. The highest BCUT2D eigenvalue weighted by atomic mass is 32.2. The van der Waals surface area contributed by atoms with Gasteiger partial charge in [-0.15, -0.1) is 5.10 Å². The molecular formula is C10H16N4O3S. The van der Waals surface area contributed by atoms with E-state index in [-0.39, 0.29) is 11.9 Å². The van der Waals surface area contributed by atoms with Crippen LogP contribution in [-0.4, -0.2) is 42.7 Å². The van der Waals surface area contributed by atoms with E-state index in [0.29, 0.717) is 36.6 Å². The number of aliphatic hydroxyl groups is 1. The number of rotatable bonds is 4. The number of aliphatic carboxylic acids is 1. The Morgan fingerprint density at radius 3 is 2.72 bits per heavy atom. The van der Waals surface area contributed by atoms with Crippen LogP contribution in [0.15, 0.2) is 5.16 Å². The predicted octanol–water partition coefficient (Wildman–Crippen LogP) is 0.485. The summed E-state index contributed by atoms with van der Waals surface area (Å²) in [5, 5.41) is 26.1. The van der Waals surface area contributed by atoms with Crippen LogP contribution in [0.25, 0.3) is 0 Å². The zero-order chi connectivity index (χ0) is 13.2. The number of anilines is 1. The molecular weight excluding hydrogens is 256 g/mol. The van der Waals surface area contributed by atoms with Crippen LogP contribution in [0, 0.1) is 5.92 Å². The zero-order valence-corrected chi connectivity index (χ0v) is 10.6. The third-order valence-corrected chi connectivity index (χ3v) is 4.34. The molecule has 0 aliphatic heterocycles. The molecule has 0 bridgehead atoms. The van der Waals surface area contributed by atoms with Crippen LogP contribution in [0.1, 0.15) is 25.7 Å². The maximum atomic E-state index is 10.8. The SMILES string of the molecule is Nc1nc(SCC2(O)CCC(C(=O)O)CC2)n[nH]1. The van der Waals surface area contributed by atoms with Gasteiger partial charge in [0.15, 0.2) is 0 Å². The minimum absolute atomic E-state index is 0.249. The third-order valence-electron chi connectivity index (χ3n) is 3.22. The van der Waals surface area contributed by atoms with E-state index in [9.17, 15) is 9.90 Å². The molecule has 0 radical (unpaired) electrons. The van der Waals surface area contributed by atoms with Crippen LogP contribution in [0.4, 0.5) is 5.95 Å². The van der Waals surface area contributed by atoms with Gasteiger partial charge in [0.1, 0.15) is 0 Å². The molecule has 18 heavy (non-hydrogen) atoms. The second-order valence-corrected chi connectivity index (χ2v) is 5.57. The number of carbonyl (C=O) groups is 1. The molecule has 7 nitrogen and oxygen atoms in total. The van der Waals surface area contributed by atoms with Crippen molar-refractivity contribution in [3.8, 4) is 0 Å². The van der Waals surface area contributed by atoms with Crippen molar-refractivity contribution in [1.29, 1.82) is 0 Å². The first kappa shape index (κ1) is 13.2. The van der Waals surface area contributed by atoms with Gasteiger partial charge < -0.3 is 15.9 Å². The van der Waals surface area contributed by atoms with Crippen molar-refractivity contribution in [3.05, 3.63) is 0 Å². The van der Waals surface area contributed by atoms with Crippen LogP contribution >= 0.6 is 11.8 Å². The molecule has 1 aromatic rings. The average molecular weight is 272 g/mol. The molecule has 0 spiro atoms. The number of nitrogen functional groups attached to an aromatic ring is 1. The number of carboxylic acids is 1. The minimum atomic E-state index is -0.827. The molecule has 1 aromatic heterocycles. The maximum Gasteiger partial charge on any atom is 0.306 e. The number of aromatic nitrogens is 3. The molecule has 1 saturated carbocycles. The smallest absolute Gasteiger partial charge is 0.306 e. The Bertz CT molecular complexity index is 429. The highest BCUT2D eigenvalue weighted by Crippen LogP contribution is 2.35. The number of nitrogens with zero attached hydrogens (tertiary/aromatic N) is 2. The van der Waals surface area contributed by atoms with Gasteiger partial charge in [-0.05, 0) is 25.7 Å². The summed E-state index contributed by atoms with van der Waals surface area (Å²) >= 11 is 1.33. The largest absolute Gasteiger partial charge is 0.481 e. The van der Waals surface area contributed by atoms with E-state index in [0.717, 1.165) is 0 Å². The highest BCUT2D eigenvalue weighted by molar-refractivity contribution is 7.99. The fourth-order valence-electron chi connectivity index (χ4n) is 2.07. The van der Waals surface area contributed by atoms with Crippen LogP contribution in [0.2, 0.25) is 0 Å². The lowest BCUT2D eigenvalue weighted by molar-refractivity contribution is -0.144. The normalized spacial score (nSPS) is 28.2. The Kier molecular flexibility index (Phi) is 3.76. The average Bonchev–Trinajstić information content (AvgIpc) is 2.73. The molecule has 1 aliphatic carbocycles. The number of aromatic amines is 1. The first-order valence-corrected chi connectivity index (χ1v) is 6.73. The van der Waals surface area contributed by atoms with Crippen molar-refractivity contribution < 1.29 is 15.0 Å². The quantitative estimate of drug-likeness (QED) is 0.587. The Morgan fingerprint density at radius 1 is 1.56 bits per heavy atom. The fourth-order valence-corrected chi connectivity index (χ4v) is 3.03. The molecule has 5 N–H and O–H groups in total. The molecule has 1 fully saturated rings. The van der Waals surface area contributed by atoms with Crippen LogP contribution in [0.3, 0.4) is 0 Å². The molecule has 0 atom stereocenters. The molecule has 100 valence electrons. The van der Waals surface area contributed by atoms with E-state index >= 15 is 0 Å². The van der Waals surface area contributed by atoms with Gasteiger partial charge in [-0.2, -0.15) is 4.98 Å². The minimum Gasteiger partial charge on any atom is -0.481 e. The summed E-state index contributed by atoms with van der Waals surface area (Å²) in [6.45, 7) is 0.